The number of hydrogen-bond donors (Lipinski definition) is 4. The topological polar surface area (TPSA) is 69.9 Å². The van der Waals surface area contributed by atoms with Crippen molar-refractivity contribution in [1.29, 1.82) is 0 Å². The molecule has 0 heterocycles. The van der Waals surface area contributed by atoms with Crippen LogP contribution in [0.4, 0.5) is 0 Å². The van der Waals surface area contributed by atoms with Crippen LogP contribution in [-0.4, -0.2) is 34.3 Å². The number of phenolic OH excluding ortho intramolecular Hbond substituents is 1. The van der Waals surface area contributed by atoms with Crippen LogP contribution in [0.5, 0.6) is 11.5 Å². The fourth-order valence-electron chi connectivity index (χ4n) is 1.39. The number of aliphatic hydroxyl groups excluding tert-OH is 2. The minimum absolute atomic E-state index is 0.0634. The molecule has 5 heteroatoms. The van der Waals surface area contributed by atoms with Gasteiger partial charge in [0.15, 0.2) is 0 Å². The van der Waals surface area contributed by atoms with Crippen molar-refractivity contribution in [3.05, 3.63) is 23.8 Å². The average Bonchev–Trinajstić information content (AvgIpc) is 2.29. The Morgan fingerprint density at radius 3 is 2.62 bits per heavy atom. The van der Waals surface area contributed by atoms with Gasteiger partial charge in [0, 0.05) is 5.56 Å². The third-order valence-corrected chi connectivity index (χ3v) is 2.60. The summed E-state index contributed by atoms with van der Waals surface area (Å²) >= 11 is 3.97. The van der Waals surface area contributed by atoms with Gasteiger partial charge in [-0.05, 0) is 30.4 Å². The molecule has 90 valence electrons. The first-order valence-electron chi connectivity index (χ1n) is 4.94. The second kappa shape index (κ2) is 5.98. The lowest BCUT2D eigenvalue weighted by atomic mass is 10.0. The van der Waals surface area contributed by atoms with Crippen LogP contribution in [0, 0.1) is 0 Å². The van der Waals surface area contributed by atoms with E-state index in [2.05, 4.69) is 12.6 Å². The summed E-state index contributed by atoms with van der Waals surface area (Å²) in [6.07, 6.45) is -1.74. The minimum atomic E-state index is -1.14. The Morgan fingerprint density at radius 1 is 1.38 bits per heavy atom. The van der Waals surface area contributed by atoms with Gasteiger partial charge < -0.3 is 20.1 Å². The lowest BCUT2D eigenvalue weighted by Gasteiger charge is -2.18. The monoisotopic (exact) mass is 244 g/mol. The van der Waals surface area contributed by atoms with E-state index in [4.69, 9.17) is 4.74 Å². The molecular weight excluding hydrogens is 228 g/mol. The highest BCUT2D eigenvalue weighted by atomic mass is 32.1. The third-order valence-electron chi connectivity index (χ3n) is 2.34. The molecular formula is C11H16O4S. The molecule has 0 saturated heterocycles. The zero-order valence-corrected chi connectivity index (χ0v) is 9.89. The molecule has 0 aromatic heterocycles. The van der Waals surface area contributed by atoms with Crippen LogP contribution in [0.25, 0.3) is 0 Å². The van der Waals surface area contributed by atoms with Crippen molar-refractivity contribution in [3.63, 3.8) is 0 Å². The highest BCUT2D eigenvalue weighted by Crippen LogP contribution is 2.30. The van der Waals surface area contributed by atoms with Gasteiger partial charge in [-0.3, -0.25) is 0 Å². The molecule has 3 N–H and O–H groups in total. The first kappa shape index (κ1) is 13.2. The molecule has 0 saturated carbocycles. The maximum atomic E-state index is 9.82. The predicted octanol–water partition coefficient (Wildman–Crippen LogP) is 1.11. The van der Waals surface area contributed by atoms with E-state index in [-0.39, 0.29) is 11.3 Å². The molecule has 4 nitrogen and oxygen atoms in total. The van der Waals surface area contributed by atoms with Crippen LogP contribution < -0.4 is 4.74 Å². The number of rotatable bonds is 5. The molecule has 1 rings (SSSR count). The van der Waals surface area contributed by atoms with E-state index < -0.39 is 12.2 Å². The number of benzene rings is 1. The molecule has 0 fully saturated rings. The smallest absolute Gasteiger partial charge is 0.121 e. The minimum Gasteiger partial charge on any atom is -0.508 e. The first-order chi connectivity index (χ1) is 7.60. The van der Waals surface area contributed by atoms with Crippen molar-refractivity contribution in [2.75, 3.05) is 12.9 Å². The van der Waals surface area contributed by atoms with Crippen LogP contribution in [0.15, 0.2) is 18.2 Å². The van der Waals surface area contributed by atoms with Gasteiger partial charge in [0.2, 0.25) is 0 Å². The summed E-state index contributed by atoms with van der Waals surface area (Å²) in [7, 11) is 1.49. The summed E-state index contributed by atoms with van der Waals surface area (Å²) in [5.41, 5.74) is 0.258. The summed E-state index contributed by atoms with van der Waals surface area (Å²) in [5.74, 6) is 0.916. The Bertz CT molecular complexity index is 343. The number of aliphatic hydroxyl groups is 2. The Morgan fingerprint density at radius 2 is 2.06 bits per heavy atom. The lowest BCUT2D eigenvalue weighted by molar-refractivity contribution is 0.0158. The lowest BCUT2D eigenvalue weighted by Crippen LogP contribution is -2.18. The van der Waals surface area contributed by atoms with Crippen molar-refractivity contribution in [2.45, 2.75) is 18.6 Å². The highest BCUT2D eigenvalue weighted by molar-refractivity contribution is 7.80. The molecule has 2 unspecified atom stereocenters. The molecule has 0 aliphatic heterocycles. The van der Waals surface area contributed by atoms with E-state index >= 15 is 0 Å². The van der Waals surface area contributed by atoms with Gasteiger partial charge in [-0.1, -0.05) is 0 Å². The summed E-state index contributed by atoms with van der Waals surface area (Å²) in [4.78, 5) is 0. The average molecular weight is 244 g/mol. The second-order valence-corrected chi connectivity index (χ2v) is 3.90. The zero-order valence-electron chi connectivity index (χ0n) is 9.00. The fourth-order valence-corrected chi connectivity index (χ4v) is 1.66. The van der Waals surface area contributed by atoms with Crippen LogP contribution in [0.1, 0.15) is 18.1 Å². The van der Waals surface area contributed by atoms with E-state index in [9.17, 15) is 15.3 Å². The first-order valence-corrected chi connectivity index (χ1v) is 5.57. The van der Waals surface area contributed by atoms with Crippen molar-refractivity contribution in [3.8, 4) is 11.5 Å². The fraction of sp³-hybridized carbons (Fsp3) is 0.455. The number of ether oxygens (including phenoxy) is 1. The number of phenols is 1. The Kier molecular flexibility index (Phi) is 4.92. The predicted molar refractivity (Wildman–Crippen MR) is 64.1 cm³/mol. The molecule has 0 amide bonds. The Hall–Kier alpha value is -0.910. The molecule has 1 aromatic rings. The third kappa shape index (κ3) is 3.04. The maximum absolute atomic E-state index is 9.82. The Labute approximate surface area is 99.9 Å². The van der Waals surface area contributed by atoms with Crippen molar-refractivity contribution >= 4 is 12.6 Å². The largest absolute Gasteiger partial charge is 0.508 e. The number of methoxy groups -OCH3 is 1. The molecule has 16 heavy (non-hydrogen) atoms. The van der Waals surface area contributed by atoms with Crippen LogP contribution >= 0.6 is 12.6 Å². The van der Waals surface area contributed by atoms with Gasteiger partial charge in [-0.25, -0.2) is 0 Å². The summed E-state index contributed by atoms with van der Waals surface area (Å²) in [6.45, 7) is 0. The number of thiol groups is 1. The van der Waals surface area contributed by atoms with Crippen molar-refractivity contribution < 1.29 is 20.1 Å². The maximum Gasteiger partial charge on any atom is 0.121 e. The number of hydrogen-bond acceptors (Lipinski definition) is 5. The van der Waals surface area contributed by atoms with Crippen molar-refractivity contribution in [2.24, 2.45) is 0 Å². The van der Waals surface area contributed by atoms with Crippen LogP contribution in [-0.2, 0) is 0 Å². The quantitative estimate of drug-likeness (QED) is 0.586. The van der Waals surface area contributed by atoms with E-state index in [1.165, 1.54) is 19.2 Å². The van der Waals surface area contributed by atoms with Crippen LogP contribution in [0.3, 0.4) is 0 Å². The van der Waals surface area contributed by atoms with Crippen LogP contribution in [0.2, 0.25) is 0 Å². The summed E-state index contributed by atoms with van der Waals surface area (Å²) in [6, 6.07) is 4.50. The standard InChI is InChI=1S/C11H16O4S/c1-15-7-2-3-9(12)8(6-7)11(14)10(13)4-5-16/h2-3,6,10-14,16H,4-5H2,1H3. The van der Waals surface area contributed by atoms with E-state index in [0.717, 1.165) is 0 Å². The normalized spacial score (nSPS) is 14.5. The van der Waals surface area contributed by atoms with Crippen molar-refractivity contribution in [1.82, 2.24) is 0 Å². The molecule has 0 aliphatic carbocycles. The molecule has 2 atom stereocenters. The zero-order chi connectivity index (χ0) is 12.1. The van der Waals surface area contributed by atoms with Gasteiger partial charge in [-0.15, -0.1) is 0 Å². The van der Waals surface area contributed by atoms with Gasteiger partial charge in [0.1, 0.15) is 17.6 Å². The van der Waals surface area contributed by atoms with Gasteiger partial charge in [0.25, 0.3) is 0 Å². The number of aromatic hydroxyl groups is 1. The molecule has 0 aliphatic rings. The molecule has 1 aromatic carbocycles. The van der Waals surface area contributed by atoms with E-state index in [1.54, 1.807) is 6.07 Å². The van der Waals surface area contributed by atoms with Gasteiger partial charge in [0.05, 0.1) is 13.2 Å². The summed E-state index contributed by atoms with van der Waals surface area (Å²) < 4.78 is 4.98. The van der Waals surface area contributed by atoms with E-state index in [1.807, 2.05) is 0 Å². The summed E-state index contributed by atoms with van der Waals surface area (Å²) in [5, 5.41) is 29.0. The molecule has 0 spiro atoms. The van der Waals surface area contributed by atoms with Gasteiger partial charge >= 0.3 is 0 Å². The van der Waals surface area contributed by atoms with Gasteiger partial charge in [-0.2, -0.15) is 12.6 Å². The van der Waals surface area contributed by atoms with E-state index in [0.29, 0.717) is 17.9 Å². The second-order valence-electron chi connectivity index (χ2n) is 3.45. The molecule has 0 radical (unpaired) electrons. The molecule has 0 bridgehead atoms. The Balaban J connectivity index is 2.92. The SMILES string of the molecule is COc1ccc(O)c(C(O)C(O)CCS)c1. The highest BCUT2D eigenvalue weighted by Gasteiger charge is 2.21.